The summed E-state index contributed by atoms with van der Waals surface area (Å²) < 4.78 is 0. The minimum atomic E-state index is -0.921. The Labute approximate surface area is 148 Å². The van der Waals surface area contributed by atoms with E-state index in [1.165, 1.54) is 5.56 Å². The van der Waals surface area contributed by atoms with Crippen LogP contribution in [0.2, 0.25) is 0 Å². The highest BCUT2D eigenvalue weighted by atomic mass is 16.4. The minimum absolute atomic E-state index is 0.282. The van der Waals surface area contributed by atoms with Crippen molar-refractivity contribution in [1.29, 1.82) is 0 Å². The first-order chi connectivity index (χ1) is 12.0. The molecule has 25 heavy (non-hydrogen) atoms. The van der Waals surface area contributed by atoms with Crippen LogP contribution in [0.5, 0.6) is 0 Å². The quantitative estimate of drug-likeness (QED) is 0.927. The number of carbonyl (C=O) groups is 1. The molecule has 3 rings (SSSR count). The summed E-state index contributed by atoms with van der Waals surface area (Å²) in [5.74, 6) is -0.921. The number of piperazine rings is 1. The van der Waals surface area contributed by atoms with Crippen LogP contribution in [0.3, 0.4) is 0 Å². The molecule has 132 valence electrons. The van der Waals surface area contributed by atoms with Crippen molar-refractivity contribution in [2.24, 2.45) is 0 Å². The zero-order chi connectivity index (χ0) is 18.0. The van der Waals surface area contributed by atoms with E-state index in [1.807, 2.05) is 6.07 Å². The molecule has 1 fully saturated rings. The first-order valence-electron chi connectivity index (χ1n) is 8.70. The maximum Gasteiger partial charge on any atom is 0.337 e. The van der Waals surface area contributed by atoms with Gasteiger partial charge in [-0.2, -0.15) is 0 Å². The number of anilines is 1. The summed E-state index contributed by atoms with van der Waals surface area (Å²) in [5.41, 5.74) is 3.05. The molecule has 1 saturated heterocycles. The van der Waals surface area contributed by atoms with Gasteiger partial charge >= 0.3 is 5.97 Å². The van der Waals surface area contributed by atoms with Crippen LogP contribution in [0.4, 0.5) is 5.69 Å². The predicted molar refractivity (Wildman–Crippen MR) is 99.1 cm³/mol. The van der Waals surface area contributed by atoms with Crippen LogP contribution < -0.4 is 4.90 Å². The Morgan fingerprint density at radius 1 is 1.20 bits per heavy atom. The summed E-state index contributed by atoms with van der Waals surface area (Å²) in [6, 6.07) is 13.0. The third kappa shape index (κ3) is 3.82. The molecule has 2 aromatic rings. The second kappa shape index (κ2) is 7.23. The number of nitrogens with zero attached hydrogens (tertiary/aromatic N) is 3. The van der Waals surface area contributed by atoms with E-state index in [0.717, 1.165) is 25.3 Å². The van der Waals surface area contributed by atoms with E-state index in [4.69, 9.17) is 0 Å². The van der Waals surface area contributed by atoms with Gasteiger partial charge in [-0.15, -0.1) is 0 Å². The van der Waals surface area contributed by atoms with Gasteiger partial charge < -0.3 is 10.0 Å². The fourth-order valence-corrected chi connectivity index (χ4v) is 3.58. The highest BCUT2D eigenvalue weighted by Gasteiger charge is 2.30. The van der Waals surface area contributed by atoms with E-state index >= 15 is 0 Å². The molecular formula is C20H25N3O2. The number of pyridine rings is 1. The van der Waals surface area contributed by atoms with Crippen LogP contribution in [-0.2, 0) is 6.54 Å². The molecule has 1 N–H and O–H groups in total. The maximum absolute atomic E-state index is 11.4. The molecule has 0 aliphatic carbocycles. The van der Waals surface area contributed by atoms with Crippen LogP contribution in [0.1, 0.15) is 35.5 Å². The molecule has 0 amide bonds. The second-order valence-electron chi connectivity index (χ2n) is 6.89. The lowest BCUT2D eigenvalue weighted by atomic mass is 10.0. The number of hydrogen-bond donors (Lipinski definition) is 1. The minimum Gasteiger partial charge on any atom is -0.478 e. The molecule has 5 nitrogen and oxygen atoms in total. The van der Waals surface area contributed by atoms with Crippen molar-refractivity contribution >= 4 is 11.7 Å². The SMILES string of the molecule is Cc1ncc(N2C[C@@H](C)N(Cc3ccccc3)[C@@H](C)C2)cc1C(=O)O. The van der Waals surface area contributed by atoms with Gasteiger partial charge in [0, 0.05) is 31.7 Å². The van der Waals surface area contributed by atoms with Gasteiger partial charge in [0.25, 0.3) is 0 Å². The fraction of sp³-hybridized carbons (Fsp3) is 0.400. The highest BCUT2D eigenvalue weighted by Crippen LogP contribution is 2.25. The molecule has 2 atom stereocenters. The molecule has 0 radical (unpaired) electrons. The summed E-state index contributed by atoms with van der Waals surface area (Å²) in [6.45, 7) is 8.85. The van der Waals surface area contributed by atoms with Crippen molar-refractivity contribution in [2.75, 3.05) is 18.0 Å². The molecule has 1 aliphatic heterocycles. The Morgan fingerprint density at radius 3 is 2.44 bits per heavy atom. The predicted octanol–water partition coefficient (Wildman–Crippen LogP) is 3.19. The van der Waals surface area contributed by atoms with Crippen LogP contribution in [-0.4, -0.2) is 46.1 Å². The van der Waals surface area contributed by atoms with Gasteiger partial charge in [0.1, 0.15) is 0 Å². The summed E-state index contributed by atoms with van der Waals surface area (Å²) >= 11 is 0. The van der Waals surface area contributed by atoms with Crippen molar-refractivity contribution in [2.45, 2.75) is 39.4 Å². The Hall–Kier alpha value is -2.40. The molecule has 2 heterocycles. The number of benzene rings is 1. The lowest BCUT2D eigenvalue weighted by molar-refractivity contribution is 0.0695. The number of carboxylic acids is 1. The Morgan fingerprint density at radius 2 is 1.84 bits per heavy atom. The van der Waals surface area contributed by atoms with Crippen molar-refractivity contribution < 1.29 is 9.90 Å². The van der Waals surface area contributed by atoms with E-state index < -0.39 is 5.97 Å². The molecular weight excluding hydrogens is 314 g/mol. The lowest BCUT2D eigenvalue weighted by Gasteiger charge is -2.45. The van der Waals surface area contributed by atoms with Crippen molar-refractivity contribution in [1.82, 2.24) is 9.88 Å². The smallest absolute Gasteiger partial charge is 0.337 e. The van der Waals surface area contributed by atoms with E-state index in [-0.39, 0.29) is 5.56 Å². The Balaban J connectivity index is 1.76. The highest BCUT2D eigenvalue weighted by molar-refractivity contribution is 5.89. The van der Waals surface area contributed by atoms with Gasteiger partial charge in [-0.1, -0.05) is 30.3 Å². The van der Waals surface area contributed by atoms with Crippen molar-refractivity contribution in [3.63, 3.8) is 0 Å². The maximum atomic E-state index is 11.4. The molecule has 1 aliphatic rings. The van der Waals surface area contributed by atoms with Crippen molar-refractivity contribution in [3.05, 3.63) is 59.4 Å². The zero-order valence-electron chi connectivity index (χ0n) is 15.0. The summed E-state index contributed by atoms with van der Waals surface area (Å²) in [5, 5.41) is 9.33. The normalized spacial score (nSPS) is 21.3. The third-order valence-electron chi connectivity index (χ3n) is 4.98. The lowest BCUT2D eigenvalue weighted by Crippen LogP contribution is -2.56. The van der Waals surface area contributed by atoms with E-state index in [9.17, 15) is 9.90 Å². The largest absolute Gasteiger partial charge is 0.478 e. The number of aromatic nitrogens is 1. The van der Waals surface area contributed by atoms with Gasteiger partial charge in [0.2, 0.25) is 0 Å². The molecule has 0 saturated carbocycles. The Kier molecular flexibility index (Phi) is 5.04. The first kappa shape index (κ1) is 17.4. The van der Waals surface area contributed by atoms with Crippen LogP contribution >= 0.6 is 0 Å². The number of hydrogen-bond acceptors (Lipinski definition) is 4. The number of aromatic carboxylic acids is 1. The number of aryl methyl sites for hydroxylation is 1. The topological polar surface area (TPSA) is 56.7 Å². The van der Waals surface area contributed by atoms with Gasteiger partial charge in [-0.25, -0.2) is 4.79 Å². The Bertz CT molecular complexity index is 736. The van der Waals surface area contributed by atoms with Crippen molar-refractivity contribution in [3.8, 4) is 0 Å². The van der Waals surface area contributed by atoms with Gasteiger partial charge in [-0.05, 0) is 32.4 Å². The summed E-state index contributed by atoms with van der Waals surface area (Å²) in [6.07, 6.45) is 1.79. The van der Waals surface area contributed by atoms with Crippen LogP contribution in [0.25, 0.3) is 0 Å². The summed E-state index contributed by atoms with van der Waals surface area (Å²) in [4.78, 5) is 20.4. The van der Waals surface area contributed by atoms with Gasteiger partial charge in [0.05, 0.1) is 23.1 Å². The fourth-order valence-electron chi connectivity index (χ4n) is 3.58. The summed E-state index contributed by atoms with van der Waals surface area (Å²) in [7, 11) is 0. The standard InChI is InChI=1S/C20H25N3O2/c1-14-11-22(18-9-19(20(24)25)16(3)21-10-18)12-15(2)23(14)13-17-7-5-4-6-8-17/h4-10,14-15H,11-13H2,1-3H3,(H,24,25)/t14-,15+. The molecule has 0 unspecified atom stereocenters. The second-order valence-corrected chi connectivity index (χ2v) is 6.89. The number of rotatable bonds is 4. The van der Waals surface area contributed by atoms with Crippen LogP contribution in [0.15, 0.2) is 42.6 Å². The third-order valence-corrected chi connectivity index (χ3v) is 4.98. The van der Waals surface area contributed by atoms with E-state index in [2.05, 4.69) is 52.9 Å². The molecule has 5 heteroatoms. The van der Waals surface area contributed by atoms with E-state index in [1.54, 1.807) is 19.2 Å². The van der Waals surface area contributed by atoms with E-state index in [0.29, 0.717) is 17.8 Å². The molecule has 1 aromatic heterocycles. The zero-order valence-corrected chi connectivity index (χ0v) is 15.0. The molecule has 0 spiro atoms. The molecule has 1 aromatic carbocycles. The number of carboxylic acid groups (broad SMARTS) is 1. The van der Waals surface area contributed by atoms with Gasteiger partial charge in [-0.3, -0.25) is 9.88 Å². The molecule has 0 bridgehead atoms. The monoisotopic (exact) mass is 339 g/mol. The first-order valence-corrected chi connectivity index (χ1v) is 8.70. The average molecular weight is 339 g/mol. The van der Waals surface area contributed by atoms with Crippen LogP contribution in [0, 0.1) is 6.92 Å². The van der Waals surface area contributed by atoms with Gasteiger partial charge in [0.15, 0.2) is 0 Å². The average Bonchev–Trinajstić information content (AvgIpc) is 2.59.